The number of aromatic nitrogens is 2. The van der Waals surface area contributed by atoms with Crippen molar-refractivity contribution in [2.45, 2.75) is 13.3 Å². The van der Waals surface area contributed by atoms with Gasteiger partial charge in [0.2, 0.25) is 0 Å². The highest BCUT2D eigenvalue weighted by molar-refractivity contribution is 6.07. The van der Waals surface area contributed by atoms with E-state index in [0.717, 1.165) is 50.6 Å². The van der Waals surface area contributed by atoms with Crippen LogP contribution in [-0.2, 0) is 6.42 Å². The van der Waals surface area contributed by atoms with Crippen LogP contribution in [0.2, 0.25) is 0 Å². The summed E-state index contributed by atoms with van der Waals surface area (Å²) in [6.07, 6.45) is 5.61. The van der Waals surface area contributed by atoms with Gasteiger partial charge in [-0.15, -0.1) is 0 Å². The zero-order valence-corrected chi connectivity index (χ0v) is 22.8. The van der Waals surface area contributed by atoms with Crippen molar-refractivity contribution in [3.05, 3.63) is 149 Å². The Balaban J connectivity index is 1.32. The first-order valence-electron chi connectivity index (χ1n) is 14.2. The van der Waals surface area contributed by atoms with Crippen LogP contribution in [0.25, 0.3) is 61.2 Å². The highest BCUT2D eigenvalue weighted by Crippen LogP contribution is 2.36. The molecule has 2 heterocycles. The van der Waals surface area contributed by atoms with E-state index in [9.17, 15) is 4.79 Å². The Labute approximate surface area is 238 Å². The van der Waals surface area contributed by atoms with Crippen molar-refractivity contribution >= 4 is 38.7 Å². The number of benzene rings is 5. The van der Waals surface area contributed by atoms with E-state index in [-0.39, 0.29) is 5.56 Å². The van der Waals surface area contributed by atoms with E-state index in [1.165, 1.54) is 22.2 Å². The number of allylic oxidation sites excluding steroid dienone is 1. The van der Waals surface area contributed by atoms with E-state index in [1.54, 1.807) is 0 Å². The van der Waals surface area contributed by atoms with Crippen molar-refractivity contribution in [3.8, 4) is 22.5 Å². The molecule has 0 saturated heterocycles. The second-order valence-electron chi connectivity index (χ2n) is 11.1. The van der Waals surface area contributed by atoms with E-state index in [0.29, 0.717) is 5.92 Å². The fourth-order valence-electron chi connectivity index (χ4n) is 6.54. The number of hydrogen-bond donors (Lipinski definition) is 0. The van der Waals surface area contributed by atoms with Crippen LogP contribution in [0.5, 0.6) is 0 Å². The fraction of sp³-hybridized carbons (Fsp3) is 0.0789. The Bertz CT molecular complexity index is 2200. The van der Waals surface area contributed by atoms with E-state index < -0.39 is 0 Å². The largest absolute Gasteiger partial charge is 0.310 e. The topological polar surface area (TPSA) is 26.9 Å². The van der Waals surface area contributed by atoms with Crippen LogP contribution < -0.4 is 5.56 Å². The third-order valence-electron chi connectivity index (χ3n) is 8.49. The van der Waals surface area contributed by atoms with Crippen LogP contribution in [0.1, 0.15) is 18.2 Å². The molecule has 0 radical (unpaired) electrons. The monoisotopic (exact) mass is 528 g/mol. The minimum atomic E-state index is -0.00553. The van der Waals surface area contributed by atoms with Gasteiger partial charge in [-0.2, -0.15) is 0 Å². The summed E-state index contributed by atoms with van der Waals surface area (Å²) in [7, 11) is 0. The molecular weight excluding hydrogens is 500 g/mol. The van der Waals surface area contributed by atoms with Crippen LogP contribution in [0, 0.1) is 5.92 Å². The van der Waals surface area contributed by atoms with E-state index in [4.69, 9.17) is 0 Å². The minimum Gasteiger partial charge on any atom is -0.310 e. The van der Waals surface area contributed by atoms with Gasteiger partial charge in [0.1, 0.15) is 0 Å². The Kier molecular flexibility index (Phi) is 5.33. The summed E-state index contributed by atoms with van der Waals surface area (Å²) < 4.78 is 4.21. The molecule has 3 nitrogen and oxygen atoms in total. The lowest BCUT2D eigenvalue weighted by Crippen LogP contribution is -2.19. The Morgan fingerprint density at radius 1 is 0.585 bits per heavy atom. The molecule has 0 fully saturated rings. The maximum absolute atomic E-state index is 14.0. The number of nitrogens with zero attached hydrogens (tertiary/aromatic N) is 2. The lowest BCUT2D eigenvalue weighted by molar-refractivity contribution is 0.718. The van der Waals surface area contributed by atoms with Gasteiger partial charge in [0.15, 0.2) is 0 Å². The summed E-state index contributed by atoms with van der Waals surface area (Å²) in [6, 6.07) is 41.8. The van der Waals surface area contributed by atoms with Crippen LogP contribution in [0.15, 0.2) is 132 Å². The van der Waals surface area contributed by atoms with Gasteiger partial charge in [0.05, 0.1) is 11.0 Å². The first-order chi connectivity index (χ1) is 20.2. The van der Waals surface area contributed by atoms with E-state index in [2.05, 4.69) is 121 Å². The number of para-hydroxylation sites is 1. The molecule has 0 saturated carbocycles. The molecule has 1 atom stereocenters. The summed E-state index contributed by atoms with van der Waals surface area (Å²) >= 11 is 0. The molecule has 1 unspecified atom stereocenters. The minimum absolute atomic E-state index is 0.00553. The smallest absolute Gasteiger partial charge is 0.263 e. The molecule has 1 aliphatic rings. The van der Waals surface area contributed by atoms with Crippen LogP contribution in [0.4, 0.5) is 0 Å². The third-order valence-corrected chi connectivity index (χ3v) is 8.49. The number of hydrogen-bond acceptors (Lipinski definition) is 1. The average molecular weight is 529 g/mol. The molecule has 8 rings (SSSR count). The van der Waals surface area contributed by atoms with Gasteiger partial charge < -0.3 is 4.57 Å². The Morgan fingerprint density at radius 2 is 1.22 bits per heavy atom. The molecule has 5 aromatic carbocycles. The van der Waals surface area contributed by atoms with Crippen molar-refractivity contribution in [2.24, 2.45) is 5.92 Å². The van der Waals surface area contributed by atoms with Gasteiger partial charge in [0.25, 0.3) is 5.56 Å². The van der Waals surface area contributed by atoms with Crippen molar-refractivity contribution in [2.75, 3.05) is 0 Å². The summed E-state index contributed by atoms with van der Waals surface area (Å²) in [5.74, 6) is 0.527. The zero-order chi connectivity index (χ0) is 27.5. The summed E-state index contributed by atoms with van der Waals surface area (Å²) in [5.41, 5.74) is 9.01. The van der Waals surface area contributed by atoms with Gasteiger partial charge in [-0.05, 0) is 89.0 Å². The fourth-order valence-corrected chi connectivity index (χ4v) is 6.54. The van der Waals surface area contributed by atoms with Crippen molar-refractivity contribution in [1.82, 2.24) is 9.13 Å². The second kappa shape index (κ2) is 9.21. The van der Waals surface area contributed by atoms with Crippen LogP contribution in [-0.4, -0.2) is 9.13 Å². The maximum atomic E-state index is 14.0. The van der Waals surface area contributed by atoms with Gasteiger partial charge in [-0.25, -0.2) is 0 Å². The molecule has 0 N–H and O–H groups in total. The number of pyridine rings is 1. The molecule has 0 amide bonds. The molecule has 2 aromatic heterocycles. The van der Waals surface area contributed by atoms with Crippen molar-refractivity contribution < 1.29 is 0 Å². The predicted octanol–water partition coefficient (Wildman–Crippen LogP) is 8.96. The van der Waals surface area contributed by atoms with Gasteiger partial charge in [-0.1, -0.05) is 85.8 Å². The zero-order valence-electron chi connectivity index (χ0n) is 22.8. The number of fused-ring (bicyclic) bond motifs is 6. The molecule has 1 aliphatic carbocycles. The maximum Gasteiger partial charge on any atom is 0.263 e. The molecular formula is C38H28N2O. The normalized spacial score (nSPS) is 14.6. The standard InChI is InChI=1S/C38H28N2O/c1-25-15-21-36-33(23-25)31-12-7-8-14-35(31)39(36)28-17-19-29(20-18-28)40-37-22-16-27(26-9-3-2-4-10-26)24-34(37)30-11-5-6-13-32(30)38(40)41/h2-22,24-25H,23H2,1H3. The highest BCUT2D eigenvalue weighted by Gasteiger charge is 2.21. The third kappa shape index (κ3) is 3.70. The Hall–Kier alpha value is -5.15. The molecule has 41 heavy (non-hydrogen) atoms. The highest BCUT2D eigenvalue weighted by atomic mass is 16.1. The van der Waals surface area contributed by atoms with E-state index >= 15 is 0 Å². The summed E-state index contributed by atoms with van der Waals surface area (Å²) in [6.45, 7) is 2.27. The van der Waals surface area contributed by atoms with Gasteiger partial charge >= 0.3 is 0 Å². The molecule has 0 aliphatic heterocycles. The first kappa shape index (κ1) is 23.7. The molecule has 0 spiro atoms. The lowest BCUT2D eigenvalue weighted by Gasteiger charge is -2.17. The molecule has 196 valence electrons. The van der Waals surface area contributed by atoms with Crippen molar-refractivity contribution in [3.63, 3.8) is 0 Å². The SMILES string of the molecule is CC1C=Cc2c(c3ccccc3n2-c2ccc(-n3c(=O)c4ccccc4c4cc(-c5ccccc5)ccc43)cc2)C1. The second-order valence-corrected chi connectivity index (χ2v) is 11.1. The van der Waals surface area contributed by atoms with Gasteiger partial charge in [0, 0.05) is 33.2 Å². The van der Waals surface area contributed by atoms with Crippen molar-refractivity contribution in [1.29, 1.82) is 0 Å². The lowest BCUT2D eigenvalue weighted by atomic mass is 9.93. The first-order valence-corrected chi connectivity index (χ1v) is 14.2. The predicted molar refractivity (Wildman–Crippen MR) is 171 cm³/mol. The van der Waals surface area contributed by atoms with Crippen LogP contribution >= 0.6 is 0 Å². The van der Waals surface area contributed by atoms with Crippen LogP contribution in [0.3, 0.4) is 0 Å². The molecule has 3 heteroatoms. The molecule has 0 bridgehead atoms. The molecule has 7 aromatic rings. The van der Waals surface area contributed by atoms with E-state index in [1.807, 2.05) is 28.8 Å². The average Bonchev–Trinajstić information content (AvgIpc) is 3.35. The van der Waals surface area contributed by atoms with Gasteiger partial charge in [-0.3, -0.25) is 9.36 Å². The Morgan fingerprint density at radius 3 is 2.00 bits per heavy atom. The summed E-state index contributed by atoms with van der Waals surface area (Å²) in [5, 5.41) is 4.08. The summed E-state index contributed by atoms with van der Waals surface area (Å²) in [4.78, 5) is 14.0. The quantitative estimate of drug-likeness (QED) is 0.210. The number of rotatable bonds is 3.